The number of rotatable bonds is 4. The van der Waals surface area contributed by atoms with Gasteiger partial charge in [0.05, 0.1) is 6.04 Å². The number of hydrogen-bond acceptors (Lipinski definition) is 3. The van der Waals surface area contributed by atoms with Crippen molar-refractivity contribution in [1.82, 2.24) is 5.32 Å². The molecule has 0 spiro atoms. The van der Waals surface area contributed by atoms with E-state index in [9.17, 15) is 22.0 Å². The molecule has 0 aliphatic carbocycles. The monoisotopic (exact) mass is 496 g/mol. The fraction of sp³-hybridized carbons (Fsp3) is 0.167. The van der Waals surface area contributed by atoms with Crippen LogP contribution in [0.1, 0.15) is 28.8 Å². The Labute approximate surface area is 196 Å². The lowest BCUT2D eigenvalue weighted by molar-refractivity contribution is -0.192. The zero-order chi connectivity index (χ0) is 24.9. The van der Waals surface area contributed by atoms with Gasteiger partial charge in [-0.2, -0.15) is 13.2 Å². The highest BCUT2D eigenvalue weighted by Gasteiger charge is 2.38. The molecule has 4 nitrogen and oxygen atoms in total. The summed E-state index contributed by atoms with van der Waals surface area (Å²) in [4.78, 5) is 13.7. The summed E-state index contributed by atoms with van der Waals surface area (Å²) in [6.45, 7) is 0. The molecule has 0 saturated heterocycles. The second kappa shape index (κ2) is 10.6. The normalized spacial score (nSPS) is 17.3. The van der Waals surface area contributed by atoms with Gasteiger partial charge in [0.15, 0.2) is 0 Å². The summed E-state index contributed by atoms with van der Waals surface area (Å²) in [5.41, 5.74) is 2.54. The fourth-order valence-corrected chi connectivity index (χ4v) is 3.61. The lowest BCUT2D eigenvalue weighted by Crippen LogP contribution is -2.25. The van der Waals surface area contributed by atoms with Crippen LogP contribution in [0.4, 0.5) is 22.0 Å². The Balaban J connectivity index is 0.000000406. The quantitative estimate of drug-likeness (QED) is 0.418. The van der Waals surface area contributed by atoms with Crippen LogP contribution in [0.5, 0.6) is 0 Å². The number of halogens is 6. The third-order valence-corrected chi connectivity index (χ3v) is 5.07. The number of amidine groups is 1. The van der Waals surface area contributed by atoms with Crippen LogP contribution in [0, 0.1) is 11.6 Å². The molecule has 3 aromatic carbocycles. The minimum Gasteiger partial charge on any atom is -0.475 e. The molecule has 178 valence electrons. The summed E-state index contributed by atoms with van der Waals surface area (Å²) in [5, 5.41) is 11.2. The van der Waals surface area contributed by atoms with Crippen molar-refractivity contribution in [3.8, 4) is 0 Å². The maximum Gasteiger partial charge on any atom is 0.490 e. The van der Waals surface area contributed by atoms with E-state index in [2.05, 4.69) is 5.32 Å². The Kier molecular flexibility index (Phi) is 7.88. The number of hydrogen-bond donors (Lipinski definition) is 2. The van der Waals surface area contributed by atoms with Gasteiger partial charge in [0.25, 0.3) is 0 Å². The highest BCUT2D eigenvalue weighted by Crippen LogP contribution is 2.37. The first-order valence-electron chi connectivity index (χ1n) is 9.91. The molecule has 2 N–H and O–H groups in total. The molecule has 4 rings (SSSR count). The van der Waals surface area contributed by atoms with Crippen LogP contribution in [0.25, 0.3) is 0 Å². The molecule has 2 atom stereocenters. The van der Waals surface area contributed by atoms with Gasteiger partial charge in [-0.05, 0) is 53.1 Å². The summed E-state index contributed by atoms with van der Waals surface area (Å²) in [7, 11) is 0. The molecule has 3 aromatic rings. The Morgan fingerprint density at radius 1 is 0.941 bits per heavy atom. The largest absolute Gasteiger partial charge is 0.490 e. The minimum absolute atomic E-state index is 0.267. The molecule has 34 heavy (non-hydrogen) atoms. The van der Waals surface area contributed by atoms with Crippen LogP contribution in [0.2, 0.25) is 5.02 Å². The van der Waals surface area contributed by atoms with E-state index in [-0.39, 0.29) is 23.7 Å². The van der Waals surface area contributed by atoms with Gasteiger partial charge in [-0.3, -0.25) is 4.99 Å². The lowest BCUT2D eigenvalue weighted by atomic mass is 9.95. The molecule has 10 heteroatoms. The number of aliphatic carboxylic acids is 1. The van der Waals surface area contributed by atoms with Gasteiger partial charge in [0.2, 0.25) is 0 Å². The highest BCUT2D eigenvalue weighted by atomic mass is 35.5. The third kappa shape index (κ3) is 6.77. The molecule has 1 aliphatic rings. The van der Waals surface area contributed by atoms with Crippen LogP contribution < -0.4 is 5.32 Å². The van der Waals surface area contributed by atoms with Crippen LogP contribution in [-0.4, -0.2) is 23.1 Å². The number of nitrogens with zero attached hydrogens (tertiary/aromatic N) is 1. The molecular weight excluding hydrogens is 479 g/mol. The summed E-state index contributed by atoms with van der Waals surface area (Å²) >= 11 is 6.07. The first kappa shape index (κ1) is 25.2. The molecule has 0 radical (unpaired) electrons. The van der Waals surface area contributed by atoms with E-state index in [4.69, 9.17) is 26.5 Å². The van der Waals surface area contributed by atoms with Gasteiger partial charge >= 0.3 is 12.1 Å². The van der Waals surface area contributed by atoms with Gasteiger partial charge in [-0.15, -0.1) is 0 Å². The van der Waals surface area contributed by atoms with Gasteiger partial charge in [0, 0.05) is 11.4 Å². The Hall–Kier alpha value is -3.46. The molecule has 0 saturated carbocycles. The van der Waals surface area contributed by atoms with Crippen molar-refractivity contribution in [2.45, 2.75) is 24.7 Å². The fourth-order valence-electron chi connectivity index (χ4n) is 3.40. The van der Waals surface area contributed by atoms with E-state index < -0.39 is 12.1 Å². The van der Waals surface area contributed by atoms with Crippen molar-refractivity contribution in [2.75, 3.05) is 0 Å². The van der Waals surface area contributed by atoms with E-state index >= 15 is 0 Å². The van der Waals surface area contributed by atoms with Crippen LogP contribution in [0.3, 0.4) is 0 Å². The predicted molar refractivity (Wildman–Crippen MR) is 118 cm³/mol. The van der Waals surface area contributed by atoms with Gasteiger partial charge in [-0.25, -0.2) is 13.6 Å². The second-order valence-corrected chi connectivity index (χ2v) is 7.80. The summed E-state index contributed by atoms with van der Waals surface area (Å²) in [6, 6.07) is 19.8. The predicted octanol–water partition coefficient (Wildman–Crippen LogP) is 6.28. The van der Waals surface area contributed by atoms with Gasteiger partial charge in [0.1, 0.15) is 23.5 Å². The van der Waals surface area contributed by atoms with Gasteiger partial charge < -0.3 is 10.4 Å². The van der Waals surface area contributed by atoms with Crippen LogP contribution in [0.15, 0.2) is 77.8 Å². The number of alkyl halides is 3. The SMILES string of the molecule is Fc1cccc([C@H]2N=C(Cc3cccc(Cl)c3)N[C@H]2c2cccc(F)c2)c1.O=C(O)C(F)(F)F. The van der Waals surface area contributed by atoms with E-state index in [0.717, 1.165) is 22.5 Å². The summed E-state index contributed by atoms with van der Waals surface area (Å²) in [5.74, 6) is -2.62. The number of benzene rings is 3. The number of carboxylic acids is 1. The molecule has 1 aliphatic heterocycles. The van der Waals surface area contributed by atoms with Crippen LogP contribution >= 0.6 is 11.6 Å². The van der Waals surface area contributed by atoms with E-state index in [1.165, 1.54) is 24.3 Å². The minimum atomic E-state index is -5.08. The highest BCUT2D eigenvalue weighted by molar-refractivity contribution is 6.30. The zero-order valence-electron chi connectivity index (χ0n) is 17.4. The number of carbonyl (C=O) groups is 1. The van der Waals surface area contributed by atoms with Crippen molar-refractivity contribution < 1.29 is 31.9 Å². The van der Waals surface area contributed by atoms with E-state index in [0.29, 0.717) is 11.4 Å². The van der Waals surface area contributed by atoms with Crippen molar-refractivity contribution in [1.29, 1.82) is 0 Å². The van der Waals surface area contributed by atoms with Crippen LogP contribution in [-0.2, 0) is 11.2 Å². The Bertz CT molecular complexity index is 1200. The molecule has 0 amide bonds. The molecule has 1 heterocycles. The van der Waals surface area contributed by atoms with Crippen molar-refractivity contribution >= 4 is 23.4 Å². The number of aliphatic imine (C=N–C) groups is 1. The topological polar surface area (TPSA) is 61.7 Å². The van der Waals surface area contributed by atoms with E-state index in [1.54, 1.807) is 12.1 Å². The zero-order valence-corrected chi connectivity index (χ0v) is 18.1. The Morgan fingerprint density at radius 2 is 1.50 bits per heavy atom. The van der Waals surface area contributed by atoms with Gasteiger partial charge in [-0.1, -0.05) is 48.0 Å². The van der Waals surface area contributed by atoms with Crippen molar-refractivity contribution in [3.05, 3.63) is 106 Å². The molecule has 0 bridgehead atoms. The Morgan fingerprint density at radius 3 is 2.06 bits per heavy atom. The third-order valence-electron chi connectivity index (χ3n) is 4.83. The lowest BCUT2D eigenvalue weighted by Gasteiger charge is -2.20. The number of nitrogens with one attached hydrogen (secondary N) is 1. The average molecular weight is 497 g/mol. The molecule has 0 aromatic heterocycles. The number of carboxylic acid groups (broad SMARTS) is 1. The standard InChI is InChI=1S/C22H17ClF2N2.C2HF3O2/c23-17-7-1-4-14(10-17)11-20-26-21(15-5-2-8-18(24)12-15)22(27-20)16-6-3-9-19(25)13-16;3-2(4,5)1(6)7/h1-10,12-13,21-22H,11H2,(H,26,27);(H,6,7)/t21-,22+;. The van der Waals surface area contributed by atoms with Crippen molar-refractivity contribution in [2.24, 2.45) is 4.99 Å². The second-order valence-electron chi connectivity index (χ2n) is 7.36. The smallest absolute Gasteiger partial charge is 0.475 e. The summed E-state index contributed by atoms with van der Waals surface area (Å²) < 4.78 is 59.3. The van der Waals surface area contributed by atoms with E-state index in [1.807, 2.05) is 36.4 Å². The average Bonchev–Trinajstić information content (AvgIpc) is 3.17. The maximum atomic E-state index is 13.8. The van der Waals surface area contributed by atoms with Crippen molar-refractivity contribution in [3.63, 3.8) is 0 Å². The molecular formula is C24H18ClF5N2O2. The first-order valence-corrected chi connectivity index (χ1v) is 10.3. The molecule has 0 fully saturated rings. The molecule has 0 unspecified atom stereocenters. The maximum absolute atomic E-state index is 13.8. The summed E-state index contributed by atoms with van der Waals surface area (Å²) in [6.07, 6.45) is -4.52. The first-order chi connectivity index (χ1) is 16.0.